The van der Waals surface area contributed by atoms with Gasteiger partial charge in [-0.3, -0.25) is 4.79 Å². The van der Waals surface area contributed by atoms with Gasteiger partial charge in [0.2, 0.25) is 5.91 Å². The molecule has 0 aliphatic rings. The summed E-state index contributed by atoms with van der Waals surface area (Å²) in [4.78, 5) is 11.3. The van der Waals surface area contributed by atoms with Crippen LogP contribution in [0.1, 0.15) is 30.4 Å². The Morgan fingerprint density at radius 1 is 1.56 bits per heavy atom. The van der Waals surface area contributed by atoms with Crippen LogP contribution >= 0.6 is 30.1 Å². The Morgan fingerprint density at radius 2 is 2.25 bits per heavy atom. The third-order valence-corrected chi connectivity index (χ3v) is 3.15. The molecule has 1 unspecified atom stereocenters. The largest absolute Gasteiger partial charge is 0.369 e. The molecule has 0 aliphatic carbocycles. The van der Waals surface area contributed by atoms with Gasteiger partial charge in [0.1, 0.15) is 0 Å². The van der Waals surface area contributed by atoms with Gasteiger partial charge in [-0.25, -0.2) is 0 Å². The van der Waals surface area contributed by atoms with Gasteiger partial charge in [-0.2, -0.15) is 0 Å². The average Bonchev–Trinajstić information content (AvgIpc) is 2.28. The van der Waals surface area contributed by atoms with Crippen molar-refractivity contribution in [3.8, 4) is 11.2 Å². The molecule has 1 rings (SSSR count). The van der Waals surface area contributed by atoms with Crippen molar-refractivity contribution in [2.24, 2.45) is 5.73 Å². The van der Waals surface area contributed by atoms with Crippen LogP contribution in [-0.2, 0) is 4.79 Å². The van der Waals surface area contributed by atoms with Crippen LogP contribution in [0.3, 0.4) is 0 Å². The van der Waals surface area contributed by atoms with E-state index >= 15 is 0 Å². The third-order valence-electron chi connectivity index (χ3n) is 2.31. The maximum atomic E-state index is 11.3. The molecule has 0 spiro atoms. The molecule has 0 saturated heterocycles. The molecule has 0 saturated carbocycles. The number of halogens is 1. The Labute approximate surface area is 112 Å². The number of carbonyl (C=O) groups excluding carboxylic acids is 1. The van der Waals surface area contributed by atoms with Gasteiger partial charge in [0.15, 0.2) is 0 Å². The second kappa shape index (κ2) is 6.81. The third kappa shape index (κ3) is 3.42. The number of carbonyl (C=O) groups is 1. The highest BCUT2D eigenvalue weighted by atomic mass is 127. The van der Waals surface area contributed by atoms with Crippen LogP contribution in [0.25, 0.3) is 0 Å². The van der Waals surface area contributed by atoms with Gasteiger partial charge in [-0.05, 0) is 32.2 Å². The topological polar surface area (TPSA) is 43.1 Å². The number of rotatable bonds is 3. The molecule has 0 bridgehead atoms. The summed E-state index contributed by atoms with van der Waals surface area (Å²) in [5.41, 5.74) is 7.20. The Balaban J connectivity index is 3.16. The summed E-state index contributed by atoms with van der Waals surface area (Å²) in [5, 5.41) is 2.92. The second-order valence-corrected chi connectivity index (χ2v) is 4.93. The average molecular weight is 345 g/mol. The standard InChI is InChI=1S/C12H12INOS/c1-2-10(12(14)15)11-6-4-3-5-9(11)7-8-16-13/h3-6,10H,2H2,1H3,(H2,14,15). The second-order valence-electron chi connectivity index (χ2n) is 3.25. The molecule has 1 amide bonds. The van der Waals surface area contributed by atoms with Gasteiger partial charge in [0.05, 0.1) is 5.92 Å². The van der Waals surface area contributed by atoms with Crippen molar-refractivity contribution in [2.75, 3.05) is 0 Å². The van der Waals surface area contributed by atoms with E-state index in [4.69, 9.17) is 5.73 Å². The summed E-state index contributed by atoms with van der Waals surface area (Å²) in [7, 11) is 1.43. The van der Waals surface area contributed by atoms with E-state index in [1.807, 2.05) is 31.2 Å². The summed E-state index contributed by atoms with van der Waals surface area (Å²) in [6, 6.07) is 7.66. The lowest BCUT2D eigenvalue weighted by molar-refractivity contribution is -0.119. The van der Waals surface area contributed by atoms with Crippen LogP contribution < -0.4 is 5.73 Å². The van der Waals surface area contributed by atoms with E-state index in [-0.39, 0.29) is 11.8 Å². The number of hydrogen-bond donors (Lipinski definition) is 1. The lowest BCUT2D eigenvalue weighted by Gasteiger charge is -2.12. The van der Waals surface area contributed by atoms with E-state index in [0.29, 0.717) is 6.42 Å². The molecular weight excluding hydrogens is 333 g/mol. The lowest BCUT2D eigenvalue weighted by Crippen LogP contribution is -2.21. The SMILES string of the molecule is CCC(C(N)=O)c1ccccc1C#CSI. The number of primary amides is 1. The predicted octanol–water partition coefficient (Wildman–Crippen LogP) is 3.06. The Kier molecular flexibility index (Phi) is 5.71. The summed E-state index contributed by atoms with van der Waals surface area (Å²) in [6.07, 6.45) is 0.700. The van der Waals surface area contributed by atoms with Crippen molar-refractivity contribution in [2.45, 2.75) is 19.3 Å². The van der Waals surface area contributed by atoms with Crippen LogP contribution in [0.15, 0.2) is 24.3 Å². The van der Waals surface area contributed by atoms with E-state index in [1.54, 1.807) is 0 Å². The van der Waals surface area contributed by atoms with E-state index in [2.05, 4.69) is 32.4 Å². The first-order chi connectivity index (χ1) is 7.70. The van der Waals surface area contributed by atoms with E-state index in [1.165, 1.54) is 8.93 Å². The van der Waals surface area contributed by atoms with Crippen molar-refractivity contribution in [1.29, 1.82) is 0 Å². The maximum absolute atomic E-state index is 11.3. The molecule has 2 N–H and O–H groups in total. The molecule has 1 aromatic carbocycles. The van der Waals surface area contributed by atoms with Crippen LogP contribution in [0, 0.1) is 11.2 Å². The van der Waals surface area contributed by atoms with Crippen molar-refractivity contribution >= 4 is 36.0 Å². The highest BCUT2D eigenvalue weighted by Gasteiger charge is 2.17. The van der Waals surface area contributed by atoms with Gasteiger partial charge in [-0.15, -0.1) is 0 Å². The Hall–Kier alpha value is -0.670. The Bertz CT molecular complexity index is 436. The minimum absolute atomic E-state index is 0.246. The van der Waals surface area contributed by atoms with E-state index < -0.39 is 0 Å². The van der Waals surface area contributed by atoms with Gasteiger partial charge >= 0.3 is 0 Å². The first-order valence-corrected chi connectivity index (χ1v) is 8.23. The quantitative estimate of drug-likeness (QED) is 0.676. The molecule has 1 aromatic rings. The van der Waals surface area contributed by atoms with Crippen LogP contribution in [0.4, 0.5) is 0 Å². The first-order valence-electron chi connectivity index (χ1n) is 4.87. The molecule has 0 radical (unpaired) electrons. The number of benzene rings is 1. The van der Waals surface area contributed by atoms with Gasteiger partial charge in [0.25, 0.3) is 0 Å². The van der Waals surface area contributed by atoms with Gasteiger partial charge < -0.3 is 5.73 Å². The molecule has 16 heavy (non-hydrogen) atoms. The molecule has 84 valence electrons. The molecule has 2 nitrogen and oxygen atoms in total. The zero-order valence-electron chi connectivity index (χ0n) is 8.87. The molecule has 0 heterocycles. The highest BCUT2D eigenvalue weighted by molar-refractivity contribution is 14.2. The molecule has 0 fully saturated rings. The van der Waals surface area contributed by atoms with Crippen molar-refractivity contribution < 1.29 is 4.79 Å². The molecule has 1 atom stereocenters. The monoisotopic (exact) mass is 345 g/mol. The summed E-state index contributed by atoms with van der Waals surface area (Å²) in [5.74, 6) is 2.49. The molecule has 0 aliphatic heterocycles. The fourth-order valence-corrected chi connectivity index (χ4v) is 2.04. The van der Waals surface area contributed by atoms with Crippen LogP contribution in [-0.4, -0.2) is 5.91 Å². The zero-order chi connectivity index (χ0) is 12.0. The van der Waals surface area contributed by atoms with Crippen molar-refractivity contribution in [1.82, 2.24) is 0 Å². The maximum Gasteiger partial charge on any atom is 0.224 e. The summed E-state index contributed by atoms with van der Waals surface area (Å²) >= 11 is 2.12. The fraction of sp³-hybridized carbons (Fsp3) is 0.250. The number of hydrogen-bond acceptors (Lipinski definition) is 2. The highest BCUT2D eigenvalue weighted by Crippen LogP contribution is 2.22. The van der Waals surface area contributed by atoms with E-state index in [0.717, 1.165) is 11.1 Å². The predicted molar refractivity (Wildman–Crippen MR) is 77.2 cm³/mol. The van der Waals surface area contributed by atoms with Crippen LogP contribution in [0.2, 0.25) is 0 Å². The fourth-order valence-electron chi connectivity index (χ4n) is 1.56. The normalized spacial score (nSPS) is 11.4. The minimum Gasteiger partial charge on any atom is -0.369 e. The van der Waals surface area contributed by atoms with Gasteiger partial charge in [-0.1, -0.05) is 31.0 Å². The minimum atomic E-state index is -0.293. The lowest BCUT2D eigenvalue weighted by atomic mass is 9.92. The van der Waals surface area contributed by atoms with Crippen molar-refractivity contribution in [3.05, 3.63) is 35.4 Å². The molecule has 0 aromatic heterocycles. The molecular formula is C12H12INOS. The van der Waals surface area contributed by atoms with Gasteiger partial charge in [0, 0.05) is 26.8 Å². The molecule has 4 heteroatoms. The Morgan fingerprint density at radius 3 is 2.81 bits per heavy atom. The summed E-state index contributed by atoms with van der Waals surface area (Å²) < 4.78 is 0. The zero-order valence-corrected chi connectivity index (χ0v) is 11.8. The summed E-state index contributed by atoms with van der Waals surface area (Å²) in [6.45, 7) is 1.95. The number of amides is 1. The first kappa shape index (κ1) is 13.4. The number of nitrogens with two attached hydrogens (primary N) is 1. The van der Waals surface area contributed by atoms with E-state index in [9.17, 15) is 4.79 Å². The van der Waals surface area contributed by atoms with Crippen molar-refractivity contribution in [3.63, 3.8) is 0 Å². The van der Waals surface area contributed by atoms with Crippen LogP contribution in [0.5, 0.6) is 0 Å². The smallest absolute Gasteiger partial charge is 0.224 e.